The van der Waals surface area contributed by atoms with E-state index in [0.29, 0.717) is 12.1 Å². The van der Waals surface area contributed by atoms with Crippen LogP contribution in [0.25, 0.3) is 0 Å². The lowest BCUT2D eigenvalue weighted by Crippen LogP contribution is -2.32. The number of allylic oxidation sites excluding steroid dienone is 6. The third kappa shape index (κ3) is 7.54. The summed E-state index contributed by atoms with van der Waals surface area (Å²) >= 11 is 0. The third-order valence-electron chi connectivity index (χ3n) is 6.54. The van der Waals surface area contributed by atoms with Crippen LogP contribution in [0.5, 0.6) is 0 Å². The Morgan fingerprint density at radius 3 is 1.58 bits per heavy atom. The van der Waals surface area contributed by atoms with Crippen LogP contribution in [0.4, 0.5) is 0 Å². The highest BCUT2D eigenvalue weighted by Crippen LogP contribution is 2.62. The van der Waals surface area contributed by atoms with Gasteiger partial charge in [0.05, 0.1) is 13.4 Å². The number of hydrogen-bond acceptors (Lipinski definition) is 1. The average molecular weight is 462 g/mol. The van der Waals surface area contributed by atoms with Gasteiger partial charge in [0.1, 0.15) is 16.3 Å². The van der Waals surface area contributed by atoms with Crippen molar-refractivity contribution in [3.05, 3.63) is 97.1 Å². The van der Waals surface area contributed by atoms with E-state index in [4.69, 9.17) is 5.11 Å². The van der Waals surface area contributed by atoms with E-state index in [1.807, 2.05) is 0 Å². The molecule has 3 heteroatoms. The van der Waals surface area contributed by atoms with E-state index < -0.39 is 13.2 Å². The molecule has 0 spiro atoms. The van der Waals surface area contributed by atoms with E-state index in [1.54, 1.807) is 0 Å². The Morgan fingerprint density at radius 2 is 1.09 bits per heavy atom. The number of carbonyl (C=O) groups is 1. The lowest BCUT2D eigenvalue weighted by molar-refractivity contribution is -0.137. The first kappa shape index (κ1) is 25.2. The summed E-state index contributed by atoms with van der Waals surface area (Å²) in [7, 11) is -1.65. The summed E-state index contributed by atoms with van der Waals surface area (Å²) < 4.78 is 0. The van der Waals surface area contributed by atoms with Crippen LogP contribution in [-0.4, -0.2) is 22.9 Å². The van der Waals surface area contributed by atoms with E-state index in [1.165, 1.54) is 48.9 Å². The fourth-order valence-electron chi connectivity index (χ4n) is 4.83. The standard InChI is InChI=1S/C30H37O2P/c31-30(32)25-17-5-3-1-2-4-8-18-26-33(28-21-13-9-14-22-28,29-23-15-10-16-24-29)27-19-11-6-7-12-20-27/h6-7,9-16,19-24,27H,1-5,8,17-18,25-26H2/p+1. The summed E-state index contributed by atoms with van der Waals surface area (Å²) in [4.78, 5) is 10.6. The third-order valence-corrected chi connectivity index (χ3v) is 11.4. The van der Waals surface area contributed by atoms with Crippen molar-refractivity contribution >= 4 is 23.8 Å². The van der Waals surface area contributed by atoms with Crippen molar-refractivity contribution in [2.45, 2.75) is 63.4 Å². The second-order valence-electron chi connectivity index (χ2n) is 8.88. The smallest absolute Gasteiger partial charge is 0.303 e. The van der Waals surface area contributed by atoms with Gasteiger partial charge in [0, 0.05) is 6.42 Å². The molecule has 3 rings (SSSR count). The van der Waals surface area contributed by atoms with Crippen molar-refractivity contribution in [3.63, 3.8) is 0 Å². The molecule has 0 aromatic heterocycles. The minimum Gasteiger partial charge on any atom is -0.481 e. The molecule has 2 aromatic rings. The highest BCUT2D eigenvalue weighted by atomic mass is 31.2. The number of carboxylic acid groups (broad SMARTS) is 1. The Bertz CT molecular complexity index is 859. The first-order valence-corrected chi connectivity index (χ1v) is 14.5. The molecule has 1 N–H and O–H groups in total. The molecule has 0 aliphatic heterocycles. The fraction of sp³-hybridized carbons (Fsp3) is 0.367. The summed E-state index contributed by atoms with van der Waals surface area (Å²) in [5.41, 5.74) is 0.409. The van der Waals surface area contributed by atoms with Crippen LogP contribution >= 0.6 is 7.26 Å². The van der Waals surface area contributed by atoms with E-state index in [-0.39, 0.29) is 0 Å². The summed E-state index contributed by atoms with van der Waals surface area (Å²) in [6, 6.07) is 22.4. The van der Waals surface area contributed by atoms with Crippen molar-refractivity contribution in [1.29, 1.82) is 0 Å². The number of carboxylic acids is 1. The largest absolute Gasteiger partial charge is 0.481 e. The molecule has 0 heterocycles. The Labute approximate surface area is 200 Å². The first-order chi connectivity index (χ1) is 16.2. The summed E-state index contributed by atoms with van der Waals surface area (Å²) in [5, 5.41) is 11.7. The van der Waals surface area contributed by atoms with E-state index in [9.17, 15) is 4.79 Å². The molecule has 0 fully saturated rings. The SMILES string of the molecule is O=C(O)CCCCCCCCCC[P+](c1ccccc1)(c1ccccc1)C1C=CC=CC=C1. The van der Waals surface area contributed by atoms with Crippen LogP contribution in [0.15, 0.2) is 97.1 Å². The quantitative estimate of drug-likeness (QED) is 0.237. The molecule has 2 nitrogen and oxygen atoms in total. The maximum atomic E-state index is 10.6. The summed E-state index contributed by atoms with van der Waals surface area (Å²) in [5.74, 6) is -0.673. The van der Waals surface area contributed by atoms with Crippen LogP contribution in [0.2, 0.25) is 0 Å². The summed E-state index contributed by atoms with van der Waals surface area (Å²) in [6.45, 7) is 0. The molecule has 0 unspecified atom stereocenters. The van der Waals surface area contributed by atoms with Gasteiger partial charge in [-0.2, -0.15) is 0 Å². The fourth-order valence-corrected chi connectivity index (χ4v) is 9.55. The van der Waals surface area contributed by atoms with Gasteiger partial charge in [-0.15, -0.1) is 0 Å². The van der Waals surface area contributed by atoms with Gasteiger partial charge in [0.15, 0.2) is 0 Å². The van der Waals surface area contributed by atoms with Crippen molar-refractivity contribution in [2.75, 3.05) is 6.16 Å². The van der Waals surface area contributed by atoms with Crippen molar-refractivity contribution in [3.8, 4) is 0 Å². The molecule has 0 bridgehead atoms. The molecule has 2 aromatic carbocycles. The molecule has 0 radical (unpaired) electrons. The van der Waals surface area contributed by atoms with Crippen molar-refractivity contribution in [2.24, 2.45) is 0 Å². The van der Waals surface area contributed by atoms with Gasteiger partial charge < -0.3 is 5.11 Å². The maximum absolute atomic E-state index is 10.6. The number of aliphatic carboxylic acids is 1. The Kier molecular flexibility index (Phi) is 10.7. The lowest BCUT2D eigenvalue weighted by Gasteiger charge is -2.32. The summed E-state index contributed by atoms with van der Waals surface area (Å²) in [6.07, 6.45) is 24.3. The molecular weight excluding hydrogens is 423 g/mol. The molecule has 174 valence electrons. The van der Waals surface area contributed by atoms with Gasteiger partial charge in [-0.1, -0.05) is 92.8 Å². The second kappa shape index (κ2) is 14.0. The molecular formula is C30H38O2P+. The molecule has 0 saturated carbocycles. The van der Waals surface area contributed by atoms with Crippen molar-refractivity contribution < 1.29 is 9.90 Å². The zero-order valence-corrected chi connectivity index (χ0v) is 20.6. The number of unbranched alkanes of at least 4 members (excludes halogenated alkanes) is 7. The van der Waals surface area contributed by atoms with Crippen LogP contribution in [0.1, 0.15) is 57.8 Å². The van der Waals surface area contributed by atoms with Gasteiger partial charge >= 0.3 is 5.97 Å². The number of rotatable bonds is 14. The highest BCUT2D eigenvalue weighted by Gasteiger charge is 2.47. The maximum Gasteiger partial charge on any atom is 0.303 e. The molecule has 0 saturated heterocycles. The Morgan fingerprint density at radius 1 is 0.636 bits per heavy atom. The van der Waals surface area contributed by atoms with Crippen LogP contribution < -0.4 is 10.6 Å². The Hall–Kier alpha value is -2.44. The van der Waals surface area contributed by atoms with Crippen molar-refractivity contribution in [1.82, 2.24) is 0 Å². The number of benzene rings is 2. The molecule has 0 atom stereocenters. The minimum atomic E-state index is -1.65. The second-order valence-corrected chi connectivity index (χ2v) is 12.7. The number of hydrogen-bond donors (Lipinski definition) is 1. The normalized spacial score (nSPS) is 13.8. The Balaban J connectivity index is 1.67. The highest BCUT2D eigenvalue weighted by molar-refractivity contribution is 7.90. The lowest BCUT2D eigenvalue weighted by atomic mass is 10.1. The predicted octanol–water partition coefficient (Wildman–Crippen LogP) is 7.30. The van der Waals surface area contributed by atoms with Gasteiger partial charge in [-0.05, 0) is 55.7 Å². The van der Waals surface area contributed by atoms with Gasteiger partial charge in [0.25, 0.3) is 0 Å². The molecule has 1 aliphatic carbocycles. The van der Waals surface area contributed by atoms with Gasteiger partial charge in [-0.25, -0.2) is 0 Å². The van der Waals surface area contributed by atoms with Crippen LogP contribution in [0.3, 0.4) is 0 Å². The monoisotopic (exact) mass is 461 g/mol. The minimum absolute atomic E-state index is 0.310. The molecule has 33 heavy (non-hydrogen) atoms. The van der Waals surface area contributed by atoms with E-state index >= 15 is 0 Å². The van der Waals surface area contributed by atoms with Gasteiger partial charge in [0.2, 0.25) is 0 Å². The van der Waals surface area contributed by atoms with E-state index in [2.05, 4.69) is 97.1 Å². The van der Waals surface area contributed by atoms with E-state index in [0.717, 1.165) is 19.3 Å². The average Bonchev–Trinajstić information content (AvgIpc) is 3.14. The zero-order valence-electron chi connectivity index (χ0n) is 19.7. The first-order valence-electron chi connectivity index (χ1n) is 12.5. The van der Waals surface area contributed by atoms with Gasteiger partial charge in [-0.3, -0.25) is 4.79 Å². The van der Waals surface area contributed by atoms with Crippen LogP contribution in [0, 0.1) is 0 Å². The molecule has 1 aliphatic rings. The molecule has 0 amide bonds. The predicted molar refractivity (Wildman–Crippen MR) is 144 cm³/mol. The topological polar surface area (TPSA) is 37.3 Å². The zero-order chi connectivity index (χ0) is 23.2. The van der Waals surface area contributed by atoms with Crippen LogP contribution in [-0.2, 0) is 4.79 Å².